The maximum absolute atomic E-state index is 12.9. The number of hydrogen-bond acceptors (Lipinski definition) is 6. The highest BCUT2D eigenvalue weighted by Crippen LogP contribution is 2.18. The number of β-amino-alcohol motifs (C(OH)–C–C–N with tert-alkyl or cyclic N) is 1. The van der Waals surface area contributed by atoms with Crippen molar-refractivity contribution in [3.63, 3.8) is 0 Å². The Labute approximate surface area is 207 Å². The van der Waals surface area contributed by atoms with Crippen molar-refractivity contribution in [3.05, 3.63) is 92.1 Å². The molecular formula is C26H28BrN3O4. The third-order valence-electron chi connectivity index (χ3n) is 5.93. The lowest BCUT2D eigenvalue weighted by molar-refractivity contribution is 0.0668. The van der Waals surface area contributed by atoms with E-state index in [1.54, 1.807) is 18.5 Å². The molecule has 2 aromatic heterocycles. The summed E-state index contributed by atoms with van der Waals surface area (Å²) < 4.78 is 7.93. The molecule has 3 aromatic rings. The average Bonchev–Trinajstić information content (AvgIpc) is 2.80. The van der Waals surface area contributed by atoms with Gasteiger partial charge >= 0.3 is 0 Å². The predicted octanol–water partition coefficient (Wildman–Crippen LogP) is 3.73. The van der Waals surface area contributed by atoms with Gasteiger partial charge in [-0.3, -0.25) is 19.5 Å². The highest BCUT2D eigenvalue weighted by molar-refractivity contribution is 9.10. The summed E-state index contributed by atoms with van der Waals surface area (Å²) in [5.41, 5.74) is 3.05. The van der Waals surface area contributed by atoms with E-state index in [0.717, 1.165) is 47.2 Å². The Balaban J connectivity index is 1.37. The molecule has 0 unspecified atom stereocenters. The Morgan fingerprint density at radius 1 is 1.24 bits per heavy atom. The Morgan fingerprint density at radius 2 is 2.09 bits per heavy atom. The van der Waals surface area contributed by atoms with E-state index < -0.39 is 0 Å². The van der Waals surface area contributed by atoms with Gasteiger partial charge in [0.25, 0.3) is 5.56 Å². The zero-order chi connectivity index (χ0) is 24.1. The maximum atomic E-state index is 12.9. The van der Waals surface area contributed by atoms with Gasteiger partial charge in [-0.25, -0.2) is 0 Å². The maximum Gasteiger partial charge on any atom is 0.254 e. The standard InChI is InChI=1S/C26H28BrN3O4/c1-18-11-19(14-29-9-2-3-22(31)15-29)4-7-24(18)25(32)16-30-10-8-23(12-26(30)33)34-17-21-6-5-20(27)13-28-21/h4-8,10-13,22,31H,2-3,9,14-17H2,1H3/t22-/m1/s1. The predicted molar refractivity (Wildman–Crippen MR) is 133 cm³/mol. The molecule has 0 radical (unpaired) electrons. The van der Waals surface area contributed by atoms with Crippen LogP contribution >= 0.6 is 15.9 Å². The Morgan fingerprint density at radius 3 is 2.79 bits per heavy atom. The van der Waals surface area contributed by atoms with Gasteiger partial charge in [-0.2, -0.15) is 0 Å². The summed E-state index contributed by atoms with van der Waals surface area (Å²) in [7, 11) is 0. The molecule has 3 heterocycles. The van der Waals surface area contributed by atoms with Crippen LogP contribution in [-0.4, -0.2) is 44.5 Å². The van der Waals surface area contributed by atoms with Crippen LogP contribution in [0.15, 0.2) is 64.1 Å². The molecule has 1 aliphatic rings. The summed E-state index contributed by atoms with van der Waals surface area (Å²) in [6.07, 6.45) is 4.86. The highest BCUT2D eigenvalue weighted by atomic mass is 79.9. The molecule has 34 heavy (non-hydrogen) atoms. The summed E-state index contributed by atoms with van der Waals surface area (Å²) in [4.78, 5) is 31.9. The number of pyridine rings is 2. The molecule has 1 atom stereocenters. The molecule has 1 N–H and O–H groups in total. The molecule has 178 valence electrons. The summed E-state index contributed by atoms with van der Waals surface area (Å²) in [6.45, 7) is 4.53. The van der Waals surface area contributed by atoms with Gasteiger partial charge in [0, 0.05) is 41.6 Å². The lowest BCUT2D eigenvalue weighted by Crippen LogP contribution is -2.37. The summed E-state index contributed by atoms with van der Waals surface area (Å²) in [5.74, 6) is 0.314. The first-order valence-electron chi connectivity index (χ1n) is 11.3. The number of aromatic nitrogens is 2. The normalized spacial score (nSPS) is 16.4. The molecule has 8 heteroatoms. The van der Waals surface area contributed by atoms with Crippen LogP contribution in [0.5, 0.6) is 5.75 Å². The van der Waals surface area contributed by atoms with E-state index >= 15 is 0 Å². The molecule has 0 saturated carbocycles. The first-order chi connectivity index (χ1) is 16.4. The van der Waals surface area contributed by atoms with Crippen molar-refractivity contribution < 1.29 is 14.6 Å². The minimum Gasteiger partial charge on any atom is -0.487 e. The number of carbonyl (C=O) groups is 1. The molecule has 7 nitrogen and oxygen atoms in total. The fourth-order valence-electron chi connectivity index (χ4n) is 4.17. The van der Waals surface area contributed by atoms with E-state index in [0.29, 0.717) is 17.9 Å². The Bertz CT molecular complexity index is 1210. The number of ketones is 1. The zero-order valence-electron chi connectivity index (χ0n) is 19.1. The van der Waals surface area contributed by atoms with Crippen LogP contribution in [0.2, 0.25) is 0 Å². The van der Waals surface area contributed by atoms with Crippen molar-refractivity contribution in [2.24, 2.45) is 0 Å². The Hall–Kier alpha value is -2.81. The number of piperidine rings is 1. The van der Waals surface area contributed by atoms with Gasteiger partial charge in [-0.1, -0.05) is 18.2 Å². The molecule has 1 fully saturated rings. The van der Waals surface area contributed by atoms with Crippen LogP contribution in [0.4, 0.5) is 0 Å². The van der Waals surface area contributed by atoms with Crippen LogP contribution in [0, 0.1) is 6.92 Å². The van der Waals surface area contributed by atoms with Crippen molar-refractivity contribution in [1.29, 1.82) is 0 Å². The quantitative estimate of drug-likeness (QED) is 0.451. The van der Waals surface area contributed by atoms with Gasteiger partial charge in [0.1, 0.15) is 12.4 Å². The molecule has 0 bridgehead atoms. The number of nitrogens with zero attached hydrogens (tertiary/aromatic N) is 3. The second kappa shape index (κ2) is 11.1. The number of Topliss-reactive ketones (excluding diaryl/α,β-unsaturated/α-hetero) is 1. The first kappa shape index (κ1) is 24.3. The van der Waals surface area contributed by atoms with E-state index in [9.17, 15) is 14.7 Å². The monoisotopic (exact) mass is 525 g/mol. The van der Waals surface area contributed by atoms with Gasteiger partial charge in [0.15, 0.2) is 5.78 Å². The van der Waals surface area contributed by atoms with Crippen LogP contribution in [0.25, 0.3) is 0 Å². The van der Waals surface area contributed by atoms with E-state index in [4.69, 9.17) is 4.74 Å². The lowest BCUT2D eigenvalue weighted by atomic mass is 10.0. The van der Waals surface area contributed by atoms with Crippen LogP contribution in [0.3, 0.4) is 0 Å². The van der Waals surface area contributed by atoms with Gasteiger partial charge in [0.2, 0.25) is 0 Å². The topological polar surface area (TPSA) is 84.7 Å². The fraction of sp³-hybridized carbons (Fsp3) is 0.346. The van der Waals surface area contributed by atoms with E-state index in [2.05, 4.69) is 25.8 Å². The fourth-order valence-corrected chi connectivity index (χ4v) is 4.40. The minimum absolute atomic E-state index is 0.0358. The number of ether oxygens (including phenoxy) is 1. The molecular weight excluding hydrogens is 498 g/mol. The molecule has 1 saturated heterocycles. The average molecular weight is 526 g/mol. The second-order valence-electron chi connectivity index (χ2n) is 8.69. The molecule has 4 rings (SSSR count). The van der Waals surface area contributed by atoms with Crippen LogP contribution < -0.4 is 10.3 Å². The van der Waals surface area contributed by atoms with Gasteiger partial charge in [0.05, 0.1) is 18.3 Å². The van der Waals surface area contributed by atoms with Crippen molar-refractivity contribution in [3.8, 4) is 5.75 Å². The second-order valence-corrected chi connectivity index (χ2v) is 9.60. The van der Waals surface area contributed by atoms with Gasteiger partial charge < -0.3 is 14.4 Å². The van der Waals surface area contributed by atoms with Gasteiger partial charge in [-0.15, -0.1) is 0 Å². The molecule has 0 aliphatic carbocycles. The van der Waals surface area contributed by atoms with Crippen LogP contribution in [0.1, 0.15) is 40.0 Å². The number of likely N-dealkylation sites (tertiary alicyclic amines) is 1. The van der Waals surface area contributed by atoms with Crippen molar-refractivity contribution in [2.45, 2.75) is 45.6 Å². The summed E-state index contributed by atoms with van der Waals surface area (Å²) in [6, 6.07) is 12.6. The number of aliphatic hydroxyl groups is 1. The van der Waals surface area contributed by atoms with E-state index in [1.165, 1.54) is 10.6 Å². The van der Waals surface area contributed by atoms with Crippen molar-refractivity contribution in [2.75, 3.05) is 13.1 Å². The third kappa shape index (κ3) is 6.40. The number of aliphatic hydroxyl groups excluding tert-OH is 1. The van der Waals surface area contributed by atoms with E-state index in [-0.39, 0.29) is 30.6 Å². The first-order valence-corrected chi connectivity index (χ1v) is 12.1. The number of benzene rings is 1. The number of hydrogen-bond donors (Lipinski definition) is 1. The Kier molecular flexibility index (Phi) is 7.92. The highest BCUT2D eigenvalue weighted by Gasteiger charge is 2.18. The molecule has 1 aliphatic heterocycles. The zero-order valence-corrected chi connectivity index (χ0v) is 20.7. The molecule has 0 amide bonds. The SMILES string of the molecule is Cc1cc(CN2CCC[C@@H](O)C2)ccc1C(=O)Cn1ccc(OCc2ccc(Br)cn2)cc1=O. The molecule has 1 aromatic carbocycles. The summed E-state index contributed by atoms with van der Waals surface area (Å²) >= 11 is 3.34. The number of rotatable bonds is 8. The summed E-state index contributed by atoms with van der Waals surface area (Å²) in [5, 5.41) is 9.87. The number of carbonyl (C=O) groups excluding carboxylic acids is 1. The van der Waals surface area contributed by atoms with Gasteiger partial charge in [-0.05, 0) is 71.6 Å². The number of aryl methyl sites for hydroxylation is 1. The smallest absolute Gasteiger partial charge is 0.254 e. The van der Waals surface area contributed by atoms with Crippen LogP contribution in [-0.2, 0) is 19.7 Å². The van der Waals surface area contributed by atoms with Crippen molar-refractivity contribution in [1.82, 2.24) is 14.5 Å². The largest absolute Gasteiger partial charge is 0.487 e. The third-order valence-corrected chi connectivity index (χ3v) is 6.40. The minimum atomic E-state index is -0.299. The van der Waals surface area contributed by atoms with Crippen molar-refractivity contribution >= 4 is 21.7 Å². The lowest BCUT2D eigenvalue weighted by Gasteiger charge is -2.30. The van der Waals surface area contributed by atoms with E-state index in [1.807, 2.05) is 37.3 Å². The number of halogens is 1. The molecule has 0 spiro atoms.